The van der Waals surface area contributed by atoms with Crippen molar-refractivity contribution in [1.29, 1.82) is 0 Å². The van der Waals surface area contributed by atoms with Crippen LogP contribution in [0.5, 0.6) is 5.75 Å². The molecule has 96 valence electrons. The molecule has 0 saturated carbocycles. The van der Waals surface area contributed by atoms with E-state index in [1.54, 1.807) is 24.3 Å². The maximum atomic E-state index is 11.6. The van der Waals surface area contributed by atoms with Crippen molar-refractivity contribution < 1.29 is 19.1 Å². The number of methoxy groups -OCH3 is 1. The number of nitrogens with two attached hydrogens (primary N) is 1. The van der Waals surface area contributed by atoms with Crippen LogP contribution in [0.4, 0.5) is 0 Å². The van der Waals surface area contributed by atoms with Crippen LogP contribution in [0.15, 0.2) is 24.3 Å². The second kappa shape index (κ2) is 5.05. The van der Waals surface area contributed by atoms with Gasteiger partial charge in [-0.1, -0.05) is 18.2 Å². The van der Waals surface area contributed by atoms with E-state index in [0.29, 0.717) is 11.3 Å². The van der Waals surface area contributed by atoms with Gasteiger partial charge in [0, 0.05) is 5.56 Å². The molecule has 1 heterocycles. The molecule has 2 rings (SSSR count). The summed E-state index contributed by atoms with van der Waals surface area (Å²) in [6.45, 7) is 0. The number of nitrogens with one attached hydrogen (secondary N) is 1. The fourth-order valence-corrected chi connectivity index (χ4v) is 2.08. The SMILES string of the molecule is COc1ccccc1[C@@H]1OC(=O)C[C@@H]1C(=O)NN. The van der Waals surface area contributed by atoms with Crippen LogP contribution in [0.2, 0.25) is 0 Å². The zero-order valence-corrected chi connectivity index (χ0v) is 9.88. The van der Waals surface area contributed by atoms with Gasteiger partial charge in [0.2, 0.25) is 5.91 Å². The van der Waals surface area contributed by atoms with Gasteiger partial charge in [0.1, 0.15) is 11.9 Å². The Balaban J connectivity index is 2.35. The highest BCUT2D eigenvalue weighted by Crippen LogP contribution is 2.39. The predicted octanol–water partition coefficient (Wildman–Crippen LogP) is 0.289. The number of ether oxygens (including phenoxy) is 2. The van der Waals surface area contributed by atoms with Crippen molar-refractivity contribution in [2.75, 3.05) is 7.11 Å². The largest absolute Gasteiger partial charge is 0.496 e. The topological polar surface area (TPSA) is 90.6 Å². The fourth-order valence-electron chi connectivity index (χ4n) is 2.08. The minimum atomic E-state index is -0.655. The first-order valence-corrected chi connectivity index (χ1v) is 5.50. The number of hydrogen-bond acceptors (Lipinski definition) is 5. The summed E-state index contributed by atoms with van der Waals surface area (Å²) >= 11 is 0. The van der Waals surface area contributed by atoms with Crippen molar-refractivity contribution in [2.45, 2.75) is 12.5 Å². The number of hydrogen-bond donors (Lipinski definition) is 2. The molecule has 2 atom stereocenters. The van der Waals surface area contributed by atoms with Crippen LogP contribution in [0.3, 0.4) is 0 Å². The highest BCUT2D eigenvalue weighted by Gasteiger charge is 2.41. The number of esters is 1. The summed E-state index contributed by atoms with van der Waals surface area (Å²) in [7, 11) is 1.52. The van der Waals surface area contributed by atoms with Crippen molar-refractivity contribution in [3.8, 4) is 5.75 Å². The van der Waals surface area contributed by atoms with E-state index < -0.39 is 23.9 Å². The van der Waals surface area contributed by atoms with Gasteiger partial charge in [0.25, 0.3) is 0 Å². The lowest BCUT2D eigenvalue weighted by atomic mass is 9.94. The number of benzene rings is 1. The summed E-state index contributed by atoms with van der Waals surface area (Å²) in [5.41, 5.74) is 2.72. The molecule has 0 radical (unpaired) electrons. The van der Waals surface area contributed by atoms with Crippen LogP contribution < -0.4 is 16.0 Å². The second-order valence-electron chi connectivity index (χ2n) is 3.97. The molecule has 1 saturated heterocycles. The maximum Gasteiger partial charge on any atom is 0.307 e. The van der Waals surface area contributed by atoms with E-state index in [9.17, 15) is 9.59 Å². The number of hydrazine groups is 1. The van der Waals surface area contributed by atoms with Gasteiger partial charge in [-0.05, 0) is 6.07 Å². The molecule has 1 amide bonds. The molecule has 0 bridgehead atoms. The van der Waals surface area contributed by atoms with E-state index in [1.807, 2.05) is 0 Å². The van der Waals surface area contributed by atoms with Crippen LogP contribution in [-0.2, 0) is 14.3 Å². The van der Waals surface area contributed by atoms with Gasteiger partial charge in [0.15, 0.2) is 0 Å². The van der Waals surface area contributed by atoms with Crippen molar-refractivity contribution in [3.63, 3.8) is 0 Å². The quantitative estimate of drug-likeness (QED) is 0.348. The zero-order valence-electron chi connectivity index (χ0n) is 9.88. The highest BCUT2D eigenvalue weighted by atomic mass is 16.6. The van der Waals surface area contributed by atoms with E-state index >= 15 is 0 Å². The van der Waals surface area contributed by atoms with Crippen LogP contribution in [-0.4, -0.2) is 19.0 Å². The first kappa shape index (κ1) is 12.4. The van der Waals surface area contributed by atoms with E-state index in [2.05, 4.69) is 5.43 Å². The average molecular weight is 250 g/mol. The molecule has 1 fully saturated rings. The standard InChI is InChI=1S/C12H14N2O4/c1-17-9-5-3-2-4-7(9)11-8(12(16)14-13)6-10(15)18-11/h2-5,8,11H,6,13H2,1H3,(H,14,16)/t8-,11-/m0/s1. The van der Waals surface area contributed by atoms with Gasteiger partial charge in [-0.3, -0.25) is 15.0 Å². The van der Waals surface area contributed by atoms with Gasteiger partial charge in [-0.2, -0.15) is 0 Å². The summed E-state index contributed by atoms with van der Waals surface area (Å²) in [4.78, 5) is 23.0. The Morgan fingerprint density at radius 3 is 2.89 bits per heavy atom. The average Bonchev–Trinajstić information content (AvgIpc) is 2.79. The lowest BCUT2D eigenvalue weighted by Crippen LogP contribution is -2.37. The van der Waals surface area contributed by atoms with Crippen LogP contribution in [0.25, 0.3) is 0 Å². The molecule has 6 heteroatoms. The van der Waals surface area contributed by atoms with Crippen molar-refractivity contribution >= 4 is 11.9 Å². The Kier molecular flexibility index (Phi) is 3.47. The van der Waals surface area contributed by atoms with Gasteiger partial charge in [-0.15, -0.1) is 0 Å². The molecule has 0 unspecified atom stereocenters. The molecular formula is C12H14N2O4. The Hall–Kier alpha value is -2.08. The number of cyclic esters (lactones) is 1. The molecule has 1 aromatic rings. The van der Waals surface area contributed by atoms with Crippen molar-refractivity contribution in [2.24, 2.45) is 11.8 Å². The highest BCUT2D eigenvalue weighted by molar-refractivity contribution is 5.86. The number of carbonyl (C=O) groups is 2. The summed E-state index contributed by atoms with van der Waals surface area (Å²) < 4.78 is 10.4. The van der Waals surface area contributed by atoms with E-state index in [1.165, 1.54) is 7.11 Å². The number of rotatable bonds is 3. The van der Waals surface area contributed by atoms with Gasteiger partial charge >= 0.3 is 5.97 Å². The Bertz CT molecular complexity index is 475. The minimum absolute atomic E-state index is 0.0196. The molecule has 1 aliphatic heterocycles. The first-order valence-electron chi connectivity index (χ1n) is 5.50. The van der Waals surface area contributed by atoms with Crippen LogP contribution in [0.1, 0.15) is 18.1 Å². The predicted molar refractivity (Wildman–Crippen MR) is 62.3 cm³/mol. The Morgan fingerprint density at radius 1 is 1.50 bits per heavy atom. The monoisotopic (exact) mass is 250 g/mol. The molecule has 3 N–H and O–H groups in total. The third-order valence-corrected chi connectivity index (χ3v) is 2.93. The summed E-state index contributed by atoms with van der Waals surface area (Å²) in [5.74, 6) is 4.22. The van der Waals surface area contributed by atoms with E-state index in [4.69, 9.17) is 15.3 Å². The van der Waals surface area contributed by atoms with Crippen LogP contribution in [0, 0.1) is 5.92 Å². The molecule has 1 aromatic carbocycles. The normalized spacial score (nSPS) is 22.4. The first-order chi connectivity index (χ1) is 8.67. The smallest absolute Gasteiger partial charge is 0.307 e. The Morgan fingerprint density at radius 2 is 2.22 bits per heavy atom. The number of amides is 1. The van der Waals surface area contributed by atoms with Gasteiger partial charge < -0.3 is 9.47 Å². The van der Waals surface area contributed by atoms with Crippen molar-refractivity contribution in [3.05, 3.63) is 29.8 Å². The lowest BCUT2D eigenvalue weighted by molar-refractivity contribution is -0.141. The molecule has 18 heavy (non-hydrogen) atoms. The molecular weight excluding hydrogens is 236 g/mol. The third-order valence-electron chi connectivity index (χ3n) is 2.93. The second-order valence-corrected chi connectivity index (χ2v) is 3.97. The number of para-hydroxylation sites is 1. The lowest BCUT2D eigenvalue weighted by Gasteiger charge is -2.18. The summed E-state index contributed by atoms with van der Waals surface area (Å²) in [6.07, 6.45) is -0.636. The summed E-state index contributed by atoms with van der Waals surface area (Å²) in [6, 6.07) is 7.11. The molecule has 0 spiro atoms. The molecule has 0 aliphatic carbocycles. The third kappa shape index (κ3) is 2.14. The summed E-state index contributed by atoms with van der Waals surface area (Å²) in [5, 5.41) is 0. The fraction of sp³-hybridized carbons (Fsp3) is 0.333. The Labute approximate surface area is 104 Å². The van der Waals surface area contributed by atoms with Crippen molar-refractivity contribution in [1.82, 2.24) is 5.43 Å². The molecule has 6 nitrogen and oxygen atoms in total. The number of carbonyl (C=O) groups excluding carboxylic acids is 2. The maximum absolute atomic E-state index is 11.6. The minimum Gasteiger partial charge on any atom is -0.496 e. The molecule has 1 aliphatic rings. The van der Waals surface area contributed by atoms with E-state index in [-0.39, 0.29) is 6.42 Å². The van der Waals surface area contributed by atoms with E-state index in [0.717, 1.165) is 0 Å². The van der Waals surface area contributed by atoms with Crippen LogP contribution >= 0.6 is 0 Å². The van der Waals surface area contributed by atoms with Gasteiger partial charge in [-0.25, -0.2) is 5.84 Å². The molecule has 0 aromatic heterocycles. The van der Waals surface area contributed by atoms with Gasteiger partial charge in [0.05, 0.1) is 19.4 Å². The zero-order chi connectivity index (χ0) is 13.1.